The smallest absolute Gasteiger partial charge is 0.184 e. The lowest BCUT2D eigenvalue weighted by molar-refractivity contribution is 0.284. The van der Waals surface area contributed by atoms with E-state index in [1.165, 1.54) is 0 Å². The number of hydrogen-bond acceptors (Lipinski definition) is 5. The Morgan fingerprint density at radius 3 is 2.87 bits per heavy atom. The lowest BCUT2D eigenvalue weighted by atomic mass is 10.2. The number of rotatable bonds is 6. The van der Waals surface area contributed by atoms with Gasteiger partial charge in [0.15, 0.2) is 16.6 Å². The maximum absolute atomic E-state index is 5.75. The van der Waals surface area contributed by atoms with Gasteiger partial charge in [0.05, 0.1) is 13.3 Å². The molecule has 0 saturated heterocycles. The average Bonchev–Trinajstić information content (AvgIpc) is 2.54. The van der Waals surface area contributed by atoms with Gasteiger partial charge >= 0.3 is 0 Å². The predicted molar refractivity (Wildman–Crippen MR) is 94.1 cm³/mol. The summed E-state index contributed by atoms with van der Waals surface area (Å²) in [6.45, 7) is 0.358. The number of thiocarbonyl (C=S) groups is 1. The van der Waals surface area contributed by atoms with Crippen LogP contribution in [0.15, 0.2) is 41.6 Å². The zero-order chi connectivity index (χ0) is 16.7. The van der Waals surface area contributed by atoms with Crippen LogP contribution in [0.25, 0.3) is 0 Å². The Morgan fingerprint density at radius 2 is 2.22 bits per heavy atom. The van der Waals surface area contributed by atoms with E-state index in [-0.39, 0.29) is 5.11 Å². The number of nitrogens with two attached hydrogens (primary N) is 1. The first-order chi connectivity index (χ1) is 11.1. The highest BCUT2D eigenvalue weighted by Gasteiger charge is 2.06. The largest absolute Gasteiger partial charge is 0.493 e. The Morgan fingerprint density at radius 1 is 1.39 bits per heavy atom. The van der Waals surface area contributed by atoms with E-state index in [0.717, 1.165) is 11.1 Å². The lowest BCUT2D eigenvalue weighted by Crippen LogP contribution is -2.23. The first-order valence-electron chi connectivity index (χ1n) is 6.58. The quantitative estimate of drug-likeness (QED) is 0.360. The zero-order valence-corrected chi connectivity index (χ0v) is 13.9. The Bertz CT molecular complexity index is 707. The third kappa shape index (κ3) is 5.39. The molecule has 0 unspecified atom stereocenters. The Balaban J connectivity index is 2.05. The molecular formula is C15H15ClN4O2S. The second kappa shape index (κ2) is 8.30. The van der Waals surface area contributed by atoms with Crippen molar-refractivity contribution < 1.29 is 9.47 Å². The van der Waals surface area contributed by atoms with Crippen molar-refractivity contribution in [3.63, 3.8) is 0 Å². The van der Waals surface area contributed by atoms with Gasteiger partial charge in [0, 0.05) is 11.8 Å². The highest BCUT2D eigenvalue weighted by atomic mass is 35.5. The summed E-state index contributed by atoms with van der Waals surface area (Å²) in [7, 11) is 1.57. The first-order valence-corrected chi connectivity index (χ1v) is 7.37. The van der Waals surface area contributed by atoms with Crippen molar-refractivity contribution in [3.05, 3.63) is 52.8 Å². The number of benzene rings is 1. The molecule has 0 amide bonds. The third-order valence-electron chi connectivity index (χ3n) is 2.76. The summed E-state index contributed by atoms with van der Waals surface area (Å²) in [6.07, 6.45) is 3.24. The minimum Gasteiger partial charge on any atom is -0.493 e. The monoisotopic (exact) mass is 350 g/mol. The molecule has 1 heterocycles. The van der Waals surface area contributed by atoms with Crippen LogP contribution in [0, 0.1) is 0 Å². The lowest BCUT2D eigenvalue weighted by Gasteiger charge is -2.11. The Kier molecular flexibility index (Phi) is 6.13. The van der Waals surface area contributed by atoms with Gasteiger partial charge in [-0.2, -0.15) is 5.10 Å². The topological polar surface area (TPSA) is 81.8 Å². The standard InChI is InChI=1S/C15H15ClN4O2S/c1-21-13-6-10(8-19-20-15(17)23)2-4-12(13)22-9-11-3-5-14(16)18-7-11/h2-8H,9H2,1H3,(H3,17,20,23)/b19-8-. The van der Waals surface area contributed by atoms with Crippen molar-refractivity contribution in [2.75, 3.05) is 7.11 Å². The van der Waals surface area contributed by atoms with Gasteiger partial charge in [0.2, 0.25) is 0 Å². The molecule has 1 aromatic carbocycles. The van der Waals surface area contributed by atoms with Crippen LogP contribution in [0.3, 0.4) is 0 Å². The molecule has 2 rings (SSSR count). The summed E-state index contributed by atoms with van der Waals surface area (Å²) in [5.74, 6) is 1.20. The molecule has 0 fully saturated rings. The maximum Gasteiger partial charge on any atom is 0.184 e. The molecule has 0 aliphatic rings. The number of nitrogens with one attached hydrogen (secondary N) is 1. The number of hydrogen-bond donors (Lipinski definition) is 2. The van der Waals surface area contributed by atoms with Crippen molar-refractivity contribution >= 4 is 35.1 Å². The van der Waals surface area contributed by atoms with Gasteiger partial charge < -0.3 is 15.2 Å². The van der Waals surface area contributed by atoms with Crippen LogP contribution in [0.4, 0.5) is 0 Å². The number of nitrogens with zero attached hydrogens (tertiary/aromatic N) is 2. The molecule has 1 aromatic heterocycles. The molecule has 120 valence electrons. The maximum atomic E-state index is 5.75. The van der Waals surface area contributed by atoms with Crippen molar-refractivity contribution in [2.45, 2.75) is 6.61 Å². The van der Waals surface area contributed by atoms with Crippen LogP contribution in [-0.2, 0) is 6.61 Å². The fraction of sp³-hybridized carbons (Fsp3) is 0.133. The van der Waals surface area contributed by atoms with E-state index in [1.54, 1.807) is 37.7 Å². The molecule has 3 N–H and O–H groups in total. The van der Waals surface area contributed by atoms with Gasteiger partial charge in [0.25, 0.3) is 0 Å². The fourth-order valence-corrected chi connectivity index (χ4v) is 1.87. The summed E-state index contributed by atoms with van der Waals surface area (Å²) >= 11 is 10.4. The molecule has 0 radical (unpaired) electrons. The molecule has 8 heteroatoms. The van der Waals surface area contributed by atoms with Crippen LogP contribution in [0.2, 0.25) is 5.15 Å². The van der Waals surface area contributed by atoms with E-state index < -0.39 is 0 Å². The minimum atomic E-state index is 0.102. The van der Waals surface area contributed by atoms with Gasteiger partial charge in [-0.25, -0.2) is 4.98 Å². The molecule has 23 heavy (non-hydrogen) atoms. The highest BCUT2D eigenvalue weighted by Crippen LogP contribution is 2.28. The number of aromatic nitrogens is 1. The second-order valence-corrected chi connectivity index (χ2v) is 5.25. The number of methoxy groups -OCH3 is 1. The average molecular weight is 351 g/mol. The van der Waals surface area contributed by atoms with E-state index in [2.05, 4.69) is 27.7 Å². The number of ether oxygens (including phenoxy) is 2. The van der Waals surface area contributed by atoms with Gasteiger partial charge in [-0.15, -0.1) is 0 Å². The van der Waals surface area contributed by atoms with E-state index >= 15 is 0 Å². The second-order valence-electron chi connectivity index (χ2n) is 4.42. The fourth-order valence-electron chi connectivity index (χ4n) is 1.71. The zero-order valence-electron chi connectivity index (χ0n) is 12.3. The molecule has 0 aliphatic carbocycles. The highest BCUT2D eigenvalue weighted by molar-refractivity contribution is 7.80. The number of halogens is 1. The molecule has 0 spiro atoms. The summed E-state index contributed by atoms with van der Waals surface area (Å²) in [4.78, 5) is 4.01. The van der Waals surface area contributed by atoms with Crippen LogP contribution >= 0.6 is 23.8 Å². The number of pyridine rings is 1. The van der Waals surface area contributed by atoms with Crippen molar-refractivity contribution in [2.24, 2.45) is 10.8 Å². The van der Waals surface area contributed by atoms with E-state index in [4.69, 9.17) is 26.8 Å². The van der Waals surface area contributed by atoms with Crippen LogP contribution < -0.4 is 20.6 Å². The molecule has 0 aliphatic heterocycles. The van der Waals surface area contributed by atoms with E-state index in [1.807, 2.05) is 12.1 Å². The third-order valence-corrected chi connectivity index (χ3v) is 3.07. The van der Waals surface area contributed by atoms with Crippen LogP contribution in [0.5, 0.6) is 11.5 Å². The summed E-state index contributed by atoms with van der Waals surface area (Å²) in [5.41, 5.74) is 9.49. The molecule has 6 nitrogen and oxygen atoms in total. The van der Waals surface area contributed by atoms with Gasteiger partial charge in [-0.05, 0) is 42.0 Å². The first kappa shape index (κ1) is 17.0. The van der Waals surface area contributed by atoms with E-state index in [9.17, 15) is 0 Å². The van der Waals surface area contributed by atoms with E-state index in [0.29, 0.717) is 23.3 Å². The molecular weight excluding hydrogens is 336 g/mol. The summed E-state index contributed by atoms with van der Waals surface area (Å²) in [5, 5.41) is 4.44. The number of hydrazone groups is 1. The molecule has 0 saturated carbocycles. The van der Waals surface area contributed by atoms with Crippen molar-refractivity contribution in [1.82, 2.24) is 10.4 Å². The Labute approximate surface area is 144 Å². The molecule has 0 bridgehead atoms. The summed E-state index contributed by atoms with van der Waals surface area (Å²) in [6, 6.07) is 8.99. The summed E-state index contributed by atoms with van der Waals surface area (Å²) < 4.78 is 11.1. The minimum absolute atomic E-state index is 0.102. The Hall–Kier alpha value is -2.38. The van der Waals surface area contributed by atoms with Crippen LogP contribution in [0.1, 0.15) is 11.1 Å². The normalized spacial score (nSPS) is 10.5. The van der Waals surface area contributed by atoms with Crippen molar-refractivity contribution in [3.8, 4) is 11.5 Å². The van der Waals surface area contributed by atoms with Crippen molar-refractivity contribution in [1.29, 1.82) is 0 Å². The van der Waals surface area contributed by atoms with Crippen LogP contribution in [-0.4, -0.2) is 23.4 Å². The predicted octanol–water partition coefficient (Wildman–Crippen LogP) is 2.49. The van der Waals surface area contributed by atoms with Gasteiger partial charge in [-0.3, -0.25) is 5.43 Å². The van der Waals surface area contributed by atoms with Gasteiger partial charge in [-0.1, -0.05) is 17.7 Å². The molecule has 0 atom stereocenters. The SMILES string of the molecule is COc1cc(/C=N\NC(N)=S)ccc1OCc1ccc(Cl)nc1. The van der Waals surface area contributed by atoms with Gasteiger partial charge in [0.1, 0.15) is 11.8 Å². The molecule has 2 aromatic rings.